The molecule has 0 spiro atoms. The van der Waals surface area contributed by atoms with Crippen molar-refractivity contribution >= 4 is 17.7 Å². The van der Waals surface area contributed by atoms with Gasteiger partial charge in [-0.1, -0.05) is 18.7 Å². The Bertz CT molecular complexity index is 441. The highest BCUT2D eigenvalue weighted by Gasteiger charge is 2.14. The van der Waals surface area contributed by atoms with Crippen LogP contribution in [0.15, 0.2) is 5.16 Å². The van der Waals surface area contributed by atoms with Gasteiger partial charge < -0.3 is 11.1 Å². The number of carbonyl (C=O) groups is 1. The van der Waals surface area contributed by atoms with Crippen molar-refractivity contribution in [2.24, 2.45) is 5.73 Å². The molecular weight excluding hydrogens is 272 g/mol. The minimum atomic E-state index is -0.295. The smallest absolute Gasteiger partial charge is 0.234 e. The van der Waals surface area contributed by atoms with Gasteiger partial charge in [-0.3, -0.25) is 4.79 Å². The van der Waals surface area contributed by atoms with Crippen molar-refractivity contribution in [3.8, 4) is 0 Å². The molecule has 112 valence electrons. The molecule has 0 aromatic carbocycles. The number of hydrogen-bond donors (Lipinski definition) is 2. The number of aryl methyl sites for hydroxylation is 2. The first-order chi connectivity index (χ1) is 9.45. The van der Waals surface area contributed by atoms with Crippen LogP contribution in [0.4, 0.5) is 0 Å². The molecule has 1 atom stereocenters. The lowest BCUT2D eigenvalue weighted by Crippen LogP contribution is -2.41. The lowest BCUT2D eigenvalue weighted by Gasteiger charge is -2.14. The zero-order valence-electron chi connectivity index (χ0n) is 12.7. The van der Waals surface area contributed by atoms with E-state index in [1.165, 1.54) is 0 Å². The molecule has 0 aliphatic carbocycles. The molecule has 0 bridgehead atoms. The fraction of sp³-hybridized carbons (Fsp3) is 0.643. The SMILES string of the molecule is CCCNC(CCSc1nc(C)c(C)c(C)n1)C(N)=O. The maximum absolute atomic E-state index is 11.3. The molecular formula is C14H24N4OS. The first-order valence-corrected chi connectivity index (χ1v) is 7.91. The third kappa shape index (κ3) is 5.09. The van der Waals surface area contributed by atoms with Gasteiger partial charge in [-0.15, -0.1) is 0 Å². The van der Waals surface area contributed by atoms with Crippen LogP contribution in [-0.2, 0) is 4.79 Å². The summed E-state index contributed by atoms with van der Waals surface area (Å²) in [6.45, 7) is 8.87. The number of aromatic nitrogens is 2. The maximum atomic E-state index is 11.3. The molecule has 1 rings (SSSR count). The molecule has 1 unspecified atom stereocenters. The van der Waals surface area contributed by atoms with Gasteiger partial charge >= 0.3 is 0 Å². The topological polar surface area (TPSA) is 80.9 Å². The van der Waals surface area contributed by atoms with E-state index in [2.05, 4.69) is 22.2 Å². The number of rotatable bonds is 8. The summed E-state index contributed by atoms with van der Waals surface area (Å²) in [4.78, 5) is 20.2. The first-order valence-electron chi connectivity index (χ1n) is 6.93. The van der Waals surface area contributed by atoms with Crippen LogP contribution in [0, 0.1) is 20.8 Å². The summed E-state index contributed by atoms with van der Waals surface area (Å²) in [6, 6.07) is -0.268. The molecule has 0 aliphatic rings. The van der Waals surface area contributed by atoms with Crippen molar-refractivity contribution < 1.29 is 4.79 Å². The van der Waals surface area contributed by atoms with Gasteiger partial charge in [-0.25, -0.2) is 9.97 Å². The number of amides is 1. The Labute approximate surface area is 125 Å². The van der Waals surface area contributed by atoms with E-state index in [4.69, 9.17) is 5.73 Å². The summed E-state index contributed by atoms with van der Waals surface area (Å²) in [6.07, 6.45) is 1.67. The normalized spacial score (nSPS) is 12.4. The summed E-state index contributed by atoms with van der Waals surface area (Å²) < 4.78 is 0. The van der Waals surface area contributed by atoms with E-state index in [9.17, 15) is 4.79 Å². The lowest BCUT2D eigenvalue weighted by molar-refractivity contribution is -0.120. The number of carbonyl (C=O) groups excluding carboxylic acids is 1. The Morgan fingerprint density at radius 2 is 1.90 bits per heavy atom. The van der Waals surface area contributed by atoms with Gasteiger partial charge in [-0.2, -0.15) is 0 Å². The van der Waals surface area contributed by atoms with Crippen LogP contribution in [0.3, 0.4) is 0 Å². The van der Waals surface area contributed by atoms with Crippen molar-refractivity contribution in [3.63, 3.8) is 0 Å². The fourth-order valence-electron chi connectivity index (χ4n) is 1.74. The third-order valence-electron chi connectivity index (χ3n) is 3.23. The molecule has 0 saturated heterocycles. The van der Waals surface area contributed by atoms with Gasteiger partial charge in [-0.05, 0) is 45.7 Å². The highest BCUT2D eigenvalue weighted by atomic mass is 32.2. The van der Waals surface area contributed by atoms with Crippen LogP contribution in [0.5, 0.6) is 0 Å². The zero-order chi connectivity index (χ0) is 15.1. The lowest BCUT2D eigenvalue weighted by atomic mass is 10.2. The van der Waals surface area contributed by atoms with E-state index >= 15 is 0 Å². The molecule has 1 amide bonds. The van der Waals surface area contributed by atoms with E-state index in [1.54, 1.807) is 11.8 Å². The molecule has 6 heteroatoms. The van der Waals surface area contributed by atoms with Crippen molar-refractivity contribution in [3.05, 3.63) is 17.0 Å². The Morgan fingerprint density at radius 1 is 1.30 bits per heavy atom. The predicted octanol–water partition coefficient (Wildman–Crippen LogP) is 1.74. The van der Waals surface area contributed by atoms with E-state index in [0.29, 0.717) is 6.42 Å². The average Bonchev–Trinajstić information content (AvgIpc) is 2.39. The van der Waals surface area contributed by atoms with E-state index < -0.39 is 0 Å². The summed E-state index contributed by atoms with van der Waals surface area (Å²) in [7, 11) is 0. The molecule has 0 saturated carbocycles. The van der Waals surface area contributed by atoms with Gasteiger partial charge in [0.1, 0.15) is 0 Å². The summed E-state index contributed by atoms with van der Waals surface area (Å²) >= 11 is 1.57. The Kier molecular flexibility index (Phi) is 6.95. The number of primary amides is 1. The van der Waals surface area contributed by atoms with Gasteiger partial charge in [0, 0.05) is 17.1 Å². The zero-order valence-corrected chi connectivity index (χ0v) is 13.5. The molecule has 5 nitrogen and oxygen atoms in total. The molecule has 20 heavy (non-hydrogen) atoms. The quantitative estimate of drug-likeness (QED) is 0.564. The maximum Gasteiger partial charge on any atom is 0.234 e. The fourth-order valence-corrected chi connectivity index (χ4v) is 2.68. The van der Waals surface area contributed by atoms with Gasteiger partial charge in [0.15, 0.2) is 5.16 Å². The Morgan fingerprint density at radius 3 is 2.40 bits per heavy atom. The van der Waals surface area contributed by atoms with E-state index in [1.807, 2.05) is 20.8 Å². The predicted molar refractivity (Wildman–Crippen MR) is 82.9 cm³/mol. The second-order valence-electron chi connectivity index (χ2n) is 4.85. The van der Waals surface area contributed by atoms with Gasteiger partial charge in [0.2, 0.25) is 5.91 Å². The second kappa shape index (κ2) is 8.21. The standard InChI is InChI=1S/C14H24N4OS/c1-5-7-16-12(13(15)19)6-8-20-14-17-10(3)9(2)11(4)18-14/h12,16H,5-8H2,1-4H3,(H2,15,19). The monoisotopic (exact) mass is 296 g/mol. The van der Waals surface area contributed by atoms with Crippen LogP contribution in [0.1, 0.15) is 36.7 Å². The number of thioether (sulfide) groups is 1. The molecule has 3 N–H and O–H groups in total. The highest BCUT2D eigenvalue weighted by molar-refractivity contribution is 7.99. The van der Waals surface area contributed by atoms with Crippen LogP contribution in [0.2, 0.25) is 0 Å². The number of nitrogens with one attached hydrogen (secondary N) is 1. The molecule has 1 aromatic rings. The van der Waals surface area contributed by atoms with Crippen molar-refractivity contribution in [1.29, 1.82) is 0 Å². The largest absolute Gasteiger partial charge is 0.368 e. The van der Waals surface area contributed by atoms with Crippen molar-refractivity contribution in [2.45, 2.75) is 51.7 Å². The number of nitrogens with two attached hydrogens (primary N) is 1. The summed E-state index contributed by atoms with van der Waals surface area (Å²) in [5, 5.41) is 3.93. The number of hydrogen-bond acceptors (Lipinski definition) is 5. The molecule has 0 aliphatic heterocycles. The molecule has 0 radical (unpaired) electrons. The van der Waals surface area contributed by atoms with E-state index in [0.717, 1.165) is 40.8 Å². The third-order valence-corrected chi connectivity index (χ3v) is 4.11. The summed E-state index contributed by atoms with van der Waals surface area (Å²) in [5.41, 5.74) is 8.54. The van der Waals surface area contributed by atoms with Crippen molar-refractivity contribution in [2.75, 3.05) is 12.3 Å². The van der Waals surface area contributed by atoms with Gasteiger partial charge in [0.05, 0.1) is 6.04 Å². The number of nitrogens with zero attached hydrogens (tertiary/aromatic N) is 2. The molecule has 1 aromatic heterocycles. The Hall–Kier alpha value is -1.14. The van der Waals surface area contributed by atoms with Crippen molar-refractivity contribution in [1.82, 2.24) is 15.3 Å². The minimum Gasteiger partial charge on any atom is -0.368 e. The van der Waals surface area contributed by atoms with Crippen LogP contribution < -0.4 is 11.1 Å². The van der Waals surface area contributed by atoms with Gasteiger partial charge in [0.25, 0.3) is 0 Å². The second-order valence-corrected chi connectivity index (χ2v) is 5.91. The van der Waals surface area contributed by atoms with E-state index in [-0.39, 0.29) is 11.9 Å². The van der Waals surface area contributed by atoms with Crippen LogP contribution >= 0.6 is 11.8 Å². The van der Waals surface area contributed by atoms with Crippen LogP contribution in [0.25, 0.3) is 0 Å². The minimum absolute atomic E-state index is 0.268. The van der Waals surface area contributed by atoms with Crippen LogP contribution in [-0.4, -0.2) is 34.2 Å². The first kappa shape index (κ1) is 16.9. The Balaban J connectivity index is 2.52. The molecule has 1 heterocycles. The highest BCUT2D eigenvalue weighted by Crippen LogP contribution is 2.18. The molecule has 0 fully saturated rings. The summed E-state index contributed by atoms with van der Waals surface area (Å²) in [5.74, 6) is 0.475. The average molecular weight is 296 g/mol.